The Labute approximate surface area is 185 Å². The quantitative estimate of drug-likeness (QED) is 0.458. The second kappa shape index (κ2) is 10.1. The highest BCUT2D eigenvalue weighted by atomic mass is 35.5. The third-order valence-electron chi connectivity index (χ3n) is 4.72. The van der Waals surface area contributed by atoms with Crippen LogP contribution in [0.4, 0.5) is 0 Å². The Bertz CT molecular complexity index is 1020. The number of carbonyl (C=O) groups is 1. The molecule has 158 valence electrons. The lowest BCUT2D eigenvalue weighted by molar-refractivity contribution is -0.149. The summed E-state index contributed by atoms with van der Waals surface area (Å²) in [5.41, 5.74) is 3.82. The number of ether oxygens (including phenoxy) is 2. The van der Waals surface area contributed by atoms with Gasteiger partial charge in [-0.2, -0.15) is 0 Å². The lowest BCUT2D eigenvalue weighted by Gasteiger charge is -2.15. The van der Waals surface area contributed by atoms with Gasteiger partial charge in [-0.25, -0.2) is 9.78 Å². The summed E-state index contributed by atoms with van der Waals surface area (Å²) in [6.07, 6.45) is -0.519. The van der Waals surface area contributed by atoms with Crippen molar-refractivity contribution in [3.8, 4) is 16.3 Å². The zero-order valence-corrected chi connectivity index (χ0v) is 18.7. The molecule has 0 aliphatic rings. The van der Waals surface area contributed by atoms with Crippen LogP contribution in [0.25, 0.3) is 10.6 Å². The molecule has 2 aromatic carbocycles. The van der Waals surface area contributed by atoms with E-state index in [1.807, 2.05) is 56.3 Å². The molecule has 0 aliphatic carbocycles. The Morgan fingerprint density at radius 1 is 1.20 bits per heavy atom. The average molecular weight is 446 g/mol. The van der Waals surface area contributed by atoms with Gasteiger partial charge in [-0.15, -0.1) is 11.3 Å². The monoisotopic (exact) mass is 445 g/mol. The molecule has 1 atom stereocenters. The number of hydrogen-bond acceptors (Lipinski definition) is 5. The summed E-state index contributed by atoms with van der Waals surface area (Å²) in [6, 6.07) is 13.3. The fourth-order valence-electron chi connectivity index (χ4n) is 3.04. The second-order valence-corrected chi connectivity index (χ2v) is 8.53. The van der Waals surface area contributed by atoms with E-state index in [0.717, 1.165) is 38.0 Å². The van der Waals surface area contributed by atoms with E-state index in [9.17, 15) is 9.90 Å². The fourth-order valence-corrected chi connectivity index (χ4v) is 4.08. The van der Waals surface area contributed by atoms with Crippen molar-refractivity contribution in [2.75, 3.05) is 6.61 Å². The van der Waals surface area contributed by atoms with Crippen LogP contribution in [0, 0.1) is 13.8 Å². The molecule has 0 saturated heterocycles. The normalized spacial score (nSPS) is 12.0. The molecule has 0 spiro atoms. The summed E-state index contributed by atoms with van der Waals surface area (Å²) in [5, 5.41) is 10.9. The van der Waals surface area contributed by atoms with E-state index in [1.165, 1.54) is 0 Å². The van der Waals surface area contributed by atoms with Crippen molar-refractivity contribution in [1.82, 2.24) is 4.98 Å². The molecular weight excluding hydrogens is 422 g/mol. The van der Waals surface area contributed by atoms with Gasteiger partial charge in [0, 0.05) is 28.5 Å². The van der Waals surface area contributed by atoms with Crippen LogP contribution in [0.5, 0.6) is 5.75 Å². The van der Waals surface area contributed by atoms with Gasteiger partial charge in [-0.1, -0.05) is 29.8 Å². The second-order valence-electron chi connectivity index (χ2n) is 6.89. The number of rotatable bonds is 9. The molecule has 1 unspecified atom stereocenters. The first-order valence-electron chi connectivity index (χ1n) is 9.66. The van der Waals surface area contributed by atoms with Crippen LogP contribution in [-0.4, -0.2) is 28.8 Å². The van der Waals surface area contributed by atoms with Crippen molar-refractivity contribution >= 4 is 28.9 Å². The average Bonchev–Trinajstić information content (AvgIpc) is 3.08. The van der Waals surface area contributed by atoms with Gasteiger partial charge in [0.1, 0.15) is 17.4 Å². The summed E-state index contributed by atoms with van der Waals surface area (Å²) in [7, 11) is 0. The molecule has 3 aromatic rings. The van der Waals surface area contributed by atoms with E-state index in [4.69, 9.17) is 26.1 Å². The summed E-state index contributed by atoms with van der Waals surface area (Å²) >= 11 is 7.59. The maximum atomic E-state index is 11.3. The Morgan fingerprint density at radius 2 is 1.93 bits per heavy atom. The summed E-state index contributed by atoms with van der Waals surface area (Å²) in [5.74, 6) is -0.230. The standard InChI is InChI=1S/C23H24ClNO4S/c1-4-28-21(23(26)27)12-17-7-10-19(11-14(17)2)29-13-20-15(3)30-22(25-20)16-5-8-18(24)9-6-16/h5-11,21H,4,12-13H2,1-3H3,(H,26,27). The first kappa shape index (κ1) is 22.3. The van der Waals surface area contributed by atoms with Gasteiger partial charge in [-0.3, -0.25) is 0 Å². The molecule has 1 heterocycles. The molecular formula is C23H24ClNO4S. The van der Waals surface area contributed by atoms with Crippen LogP contribution in [-0.2, 0) is 22.6 Å². The third-order valence-corrected chi connectivity index (χ3v) is 6.04. The molecule has 0 bridgehead atoms. The Kier molecular flexibility index (Phi) is 7.48. The number of aromatic nitrogens is 1. The number of carboxylic acids is 1. The minimum absolute atomic E-state index is 0.324. The van der Waals surface area contributed by atoms with Gasteiger partial charge in [0.25, 0.3) is 0 Å². The fraction of sp³-hybridized carbons (Fsp3) is 0.304. The largest absolute Gasteiger partial charge is 0.487 e. The van der Waals surface area contributed by atoms with E-state index >= 15 is 0 Å². The zero-order chi connectivity index (χ0) is 21.7. The van der Waals surface area contributed by atoms with E-state index < -0.39 is 12.1 Å². The Morgan fingerprint density at radius 3 is 2.57 bits per heavy atom. The van der Waals surface area contributed by atoms with E-state index in [0.29, 0.717) is 24.7 Å². The van der Waals surface area contributed by atoms with Crippen molar-refractivity contribution < 1.29 is 19.4 Å². The van der Waals surface area contributed by atoms with E-state index in [-0.39, 0.29) is 0 Å². The first-order valence-corrected chi connectivity index (χ1v) is 10.9. The van der Waals surface area contributed by atoms with Crippen LogP contribution in [0.3, 0.4) is 0 Å². The molecule has 0 saturated carbocycles. The molecule has 0 amide bonds. The topological polar surface area (TPSA) is 68.7 Å². The Hall–Kier alpha value is -2.41. The highest BCUT2D eigenvalue weighted by Gasteiger charge is 2.19. The number of benzene rings is 2. The maximum absolute atomic E-state index is 11.3. The highest BCUT2D eigenvalue weighted by molar-refractivity contribution is 7.15. The van der Waals surface area contributed by atoms with E-state index in [2.05, 4.69) is 0 Å². The zero-order valence-electron chi connectivity index (χ0n) is 17.1. The molecule has 7 heteroatoms. The lowest BCUT2D eigenvalue weighted by atomic mass is 10.0. The van der Waals surface area contributed by atoms with Crippen LogP contribution in [0.15, 0.2) is 42.5 Å². The smallest absolute Gasteiger partial charge is 0.333 e. The van der Waals surface area contributed by atoms with Gasteiger partial charge < -0.3 is 14.6 Å². The van der Waals surface area contributed by atoms with Gasteiger partial charge in [-0.05, 0) is 56.2 Å². The number of hydrogen-bond donors (Lipinski definition) is 1. The molecule has 3 rings (SSSR count). The molecule has 0 aliphatic heterocycles. The molecule has 1 N–H and O–H groups in total. The van der Waals surface area contributed by atoms with Gasteiger partial charge >= 0.3 is 5.97 Å². The summed E-state index contributed by atoms with van der Waals surface area (Å²) in [4.78, 5) is 17.1. The maximum Gasteiger partial charge on any atom is 0.333 e. The van der Waals surface area contributed by atoms with Gasteiger partial charge in [0.15, 0.2) is 6.10 Å². The SMILES string of the molecule is CCOC(Cc1ccc(OCc2nc(-c3ccc(Cl)cc3)sc2C)cc1C)C(=O)O. The van der Waals surface area contributed by atoms with Gasteiger partial charge in [0.05, 0.1) is 5.69 Å². The van der Waals surface area contributed by atoms with Gasteiger partial charge in [0.2, 0.25) is 0 Å². The number of carboxylic acid groups (broad SMARTS) is 1. The third kappa shape index (κ3) is 5.59. The van der Waals surface area contributed by atoms with E-state index in [1.54, 1.807) is 18.3 Å². The van der Waals surface area contributed by atoms with Crippen molar-refractivity contribution in [3.05, 3.63) is 69.2 Å². The summed E-state index contributed by atoms with van der Waals surface area (Å²) < 4.78 is 11.3. The van der Waals surface area contributed by atoms with Crippen molar-refractivity contribution in [2.24, 2.45) is 0 Å². The van der Waals surface area contributed by atoms with Crippen molar-refractivity contribution in [1.29, 1.82) is 0 Å². The predicted octanol–water partition coefficient (Wildman–Crippen LogP) is 5.69. The first-order chi connectivity index (χ1) is 14.4. The number of aryl methyl sites for hydroxylation is 2. The molecule has 5 nitrogen and oxygen atoms in total. The predicted molar refractivity (Wildman–Crippen MR) is 120 cm³/mol. The van der Waals surface area contributed by atoms with Crippen LogP contribution >= 0.6 is 22.9 Å². The number of aliphatic carboxylic acids is 1. The number of thiazole rings is 1. The molecule has 0 radical (unpaired) electrons. The molecule has 30 heavy (non-hydrogen) atoms. The minimum Gasteiger partial charge on any atom is -0.487 e. The minimum atomic E-state index is -0.952. The summed E-state index contributed by atoms with van der Waals surface area (Å²) in [6.45, 7) is 6.50. The van der Waals surface area contributed by atoms with Crippen molar-refractivity contribution in [2.45, 2.75) is 39.9 Å². The number of nitrogens with zero attached hydrogens (tertiary/aromatic N) is 1. The Balaban J connectivity index is 1.67. The van der Waals surface area contributed by atoms with Crippen molar-refractivity contribution in [3.63, 3.8) is 0 Å². The molecule has 0 fully saturated rings. The molecule has 1 aromatic heterocycles. The van der Waals surface area contributed by atoms with Crippen LogP contribution in [0.1, 0.15) is 28.6 Å². The van der Waals surface area contributed by atoms with Crippen LogP contribution < -0.4 is 4.74 Å². The number of halogens is 1. The highest BCUT2D eigenvalue weighted by Crippen LogP contribution is 2.29. The lowest BCUT2D eigenvalue weighted by Crippen LogP contribution is -2.26. The van der Waals surface area contributed by atoms with Crippen LogP contribution in [0.2, 0.25) is 5.02 Å².